The molecule has 0 spiro atoms. The van der Waals surface area contributed by atoms with E-state index in [1.807, 2.05) is 0 Å². The van der Waals surface area contributed by atoms with Crippen molar-refractivity contribution in [3.63, 3.8) is 0 Å². The third kappa shape index (κ3) is 3.47. The Balaban J connectivity index is 1.78. The molecule has 3 nitrogen and oxygen atoms in total. The number of aryl methyl sites for hydroxylation is 2. The van der Waals surface area contributed by atoms with Gasteiger partial charge in [0, 0.05) is 19.6 Å². The molecular formula is C15H23NO2. The summed E-state index contributed by atoms with van der Waals surface area (Å²) >= 11 is 0. The summed E-state index contributed by atoms with van der Waals surface area (Å²) in [5, 5.41) is 9.45. The van der Waals surface area contributed by atoms with Gasteiger partial charge in [-0.1, -0.05) is 18.2 Å². The van der Waals surface area contributed by atoms with Crippen LogP contribution in [0.15, 0.2) is 18.2 Å². The molecule has 0 radical (unpaired) electrons. The Morgan fingerprint density at radius 2 is 1.83 bits per heavy atom. The van der Waals surface area contributed by atoms with E-state index in [1.54, 1.807) is 0 Å². The largest absolute Gasteiger partial charge is 0.492 e. The zero-order valence-electron chi connectivity index (χ0n) is 11.4. The van der Waals surface area contributed by atoms with Gasteiger partial charge >= 0.3 is 0 Å². The molecule has 1 saturated heterocycles. The zero-order chi connectivity index (χ0) is 13.0. The Morgan fingerprint density at radius 3 is 2.44 bits per heavy atom. The molecule has 0 bridgehead atoms. The Bertz CT molecular complexity index is 364. The Kier molecular flexibility index (Phi) is 4.61. The van der Waals surface area contributed by atoms with Crippen molar-refractivity contribution in [2.75, 3.05) is 26.2 Å². The highest BCUT2D eigenvalue weighted by atomic mass is 16.5. The standard InChI is InChI=1S/C15H23NO2/c1-12-4-3-5-13(2)15(12)18-11-10-16-8-6-14(17)7-9-16/h3-5,14,17H,6-11H2,1-2H3. The summed E-state index contributed by atoms with van der Waals surface area (Å²) in [6.45, 7) is 7.80. The second-order valence-corrected chi connectivity index (χ2v) is 5.14. The normalized spacial score (nSPS) is 17.9. The van der Waals surface area contributed by atoms with Crippen LogP contribution in [0.1, 0.15) is 24.0 Å². The molecule has 1 aromatic rings. The molecule has 0 atom stereocenters. The fourth-order valence-corrected chi connectivity index (χ4v) is 2.45. The van der Waals surface area contributed by atoms with Gasteiger partial charge in [-0.15, -0.1) is 0 Å². The minimum absolute atomic E-state index is 0.0965. The van der Waals surface area contributed by atoms with Gasteiger partial charge in [0.05, 0.1) is 6.10 Å². The summed E-state index contributed by atoms with van der Waals surface area (Å²) in [6.07, 6.45) is 1.69. The first-order valence-electron chi connectivity index (χ1n) is 6.76. The topological polar surface area (TPSA) is 32.7 Å². The van der Waals surface area contributed by atoms with Crippen LogP contribution in [0.5, 0.6) is 5.75 Å². The first kappa shape index (κ1) is 13.4. The van der Waals surface area contributed by atoms with Crippen molar-refractivity contribution in [2.24, 2.45) is 0 Å². The fourth-order valence-electron chi connectivity index (χ4n) is 2.45. The predicted octanol–water partition coefficient (Wildman–Crippen LogP) is 2.14. The quantitative estimate of drug-likeness (QED) is 0.887. The van der Waals surface area contributed by atoms with Crippen LogP contribution in [0.25, 0.3) is 0 Å². The third-order valence-corrected chi connectivity index (χ3v) is 3.62. The molecule has 0 aliphatic carbocycles. The molecule has 1 heterocycles. The van der Waals surface area contributed by atoms with Crippen LogP contribution >= 0.6 is 0 Å². The first-order valence-corrected chi connectivity index (χ1v) is 6.76. The van der Waals surface area contributed by atoms with E-state index in [0.29, 0.717) is 0 Å². The molecule has 0 aromatic heterocycles. The van der Waals surface area contributed by atoms with E-state index >= 15 is 0 Å². The van der Waals surface area contributed by atoms with Gasteiger partial charge in [-0.25, -0.2) is 0 Å². The lowest BCUT2D eigenvalue weighted by atomic mass is 10.1. The maximum absolute atomic E-state index is 9.45. The van der Waals surface area contributed by atoms with Gasteiger partial charge in [0.2, 0.25) is 0 Å². The third-order valence-electron chi connectivity index (χ3n) is 3.62. The molecule has 1 aromatic carbocycles. The summed E-state index contributed by atoms with van der Waals surface area (Å²) in [5.41, 5.74) is 2.40. The van der Waals surface area contributed by atoms with Gasteiger partial charge < -0.3 is 9.84 Å². The summed E-state index contributed by atoms with van der Waals surface area (Å²) in [6, 6.07) is 6.22. The van der Waals surface area contributed by atoms with Crippen molar-refractivity contribution in [2.45, 2.75) is 32.8 Å². The van der Waals surface area contributed by atoms with Crippen molar-refractivity contribution < 1.29 is 9.84 Å². The number of likely N-dealkylation sites (tertiary alicyclic amines) is 1. The zero-order valence-corrected chi connectivity index (χ0v) is 11.4. The SMILES string of the molecule is Cc1cccc(C)c1OCCN1CCC(O)CC1. The van der Waals surface area contributed by atoms with E-state index < -0.39 is 0 Å². The van der Waals surface area contributed by atoms with Gasteiger partial charge in [-0.05, 0) is 37.8 Å². The number of piperidine rings is 1. The number of aliphatic hydroxyl groups excluding tert-OH is 1. The number of para-hydroxylation sites is 1. The van der Waals surface area contributed by atoms with Crippen molar-refractivity contribution in [3.05, 3.63) is 29.3 Å². The predicted molar refractivity (Wildman–Crippen MR) is 73.1 cm³/mol. The minimum Gasteiger partial charge on any atom is -0.492 e. The van der Waals surface area contributed by atoms with Gasteiger partial charge in [0.15, 0.2) is 0 Å². The highest BCUT2D eigenvalue weighted by Gasteiger charge is 2.16. The first-order chi connectivity index (χ1) is 8.66. The average molecular weight is 249 g/mol. The van der Waals surface area contributed by atoms with Crippen LogP contribution in [0, 0.1) is 13.8 Å². The lowest BCUT2D eigenvalue weighted by Gasteiger charge is -2.29. The van der Waals surface area contributed by atoms with Crippen molar-refractivity contribution in [1.82, 2.24) is 4.90 Å². The molecule has 0 amide bonds. The summed E-state index contributed by atoms with van der Waals surface area (Å²) in [7, 11) is 0. The van der Waals surface area contributed by atoms with E-state index in [0.717, 1.165) is 44.8 Å². The second kappa shape index (κ2) is 6.21. The average Bonchev–Trinajstić information content (AvgIpc) is 2.35. The molecule has 3 heteroatoms. The Morgan fingerprint density at radius 1 is 1.22 bits per heavy atom. The summed E-state index contributed by atoms with van der Waals surface area (Å²) < 4.78 is 5.89. The van der Waals surface area contributed by atoms with Crippen LogP contribution in [0.2, 0.25) is 0 Å². The van der Waals surface area contributed by atoms with Crippen LogP contribution in [0.3, 0.4) is 0 Å². The molecule has 18 heavy (non-hydrogen) atoms. The van der Waals surface area contributed by atoms with Gasteiger partial charge in [0.1, 0.15) is 12.4 Å². The molecule has 1 fully saturated rings. The summed E-state index contributed by atoms with van der Waals surface area (Å²) in [4.78, 5) is 2.36. The number of hydrogen-bond donors (Lipinski definition) is 1. The van der Waals surface area contributed by atoms with Crippen LogP contribution in [-0.2, 0) is 0 Å². The number of nitrogens with zero attached hydrogens (tertiary/aromatic N) is 1. The maximum Gasteiger partial charge on any atom is 0.125 e. The molecule has 1 N–H and O–H groups in total. The number of aliphatic hydroxyl groups is 1. The van der Waals surface area contributed by atoms with Crippen LogP contribution < -0.4 is 4.74 Å². The highest BCUT2D eigenvalue weighted by Crippen LogP contribution is 2.22. The highest BCUT2D eigenvalue weighted by molar-refractivity contribution is 5.39. The van der Waals surface area contributed by atoms with Crippen molar-refractivity contribution in [1.29, 1.82) is 0 Å². The molecule has 1 aliphatic rings. The lowest BCUT2D eigenvalue weighted by molar-refractivity contribution is 0.0754. The number of benzene rings is 1. The van der Waals surface area contributed by atoms with Crippen molar-refractivity contribution >= 4 is 0 Å². The molecule has 1 aliphatic heterocycles. The number of ether oxygens (including phenoxy) is 1. The maximum atomic E-state index is 9.45. The fraction of sp³-hybridized carbons (Fsp3) is 0.600. The van der Waals surface area contributed by atoms with E-state index in [1.165, 1.54) is 11.1 Å². The second-order valence-electron chi connectivity index (χ2n) is 5.14. The molecule has 100 valence electrons. The summed E-state index contributed by atoms with van der Waals surface area (Å²) in [5.74, 6) is 1.02. The minimum atomic E-state index is -0.0965. The molecule has 0 unspecified atom stereocenters. The van der Waals surface area contributed by atoms with Gasteiger partial charge in [0.25, 0.3) is 0 Å². The molecule has 0 saturated carbocycles. The van der Waals surface area contributed by atoms with E-state index in [-0.39, 0.29) is 6.10 Å². The monoisotopic (exact) mass is 249 g/mol. The van der Waals surface area contributed by atoms with E-state index in [2.05, 4.69) is 36.9 Å². The van der Waals surface area contributed by atoms with Gasteiger partial charge in [-0.2, -0.15) is 0 Å². The van der Waals surface area contributed by atoms with E-state index in [9.17, 15) is 5.11 Å². The molecule has 2 rings (SSSR count). The lowest BCUT2D eigenvalue weighted by Crippen LogP contribution is -2.38. The Hall–Kier alpha value is -1.06. The van der Waals surface area contributed by atoms with Crippen molar-refractivity contribution in [3.8, 4) is 5.75 Å². The number of hydrogen-bond acceptors (Lipinski definition) is 3. The van der Waals surface area contributed by atoms with E-state index in [4.69, 9.17) is 4.74 Å². The molecular weight excluding hydrogens is 226 g/mol. The number of rotatable bonds is 4. The van der Waals surface area contributed by atoms with Gasteiger partial charge in [-0.3, -0.25) is 4.90 Å². The Labute approximate surface area is 109 Å². The smallest absolute Gasteiger partial charge is 0.125 e. The van der Waals surface area contributed by atoms with Crippen LogP contribution in [0.4, 0.5) is 0 Å². The van der Waals surface area contributed by atoms with Crippen LogP contribution in [-0.4, -0.2) is 42.4 Å².